The molecule has 2 N–H and O–H groups in total. The largest absolute Gasteiger partial charge is 0.466 e. The number of nitrogens with two attached hydrogens (primary N) is 1. The van der Waals surface area contributed by atoms with E-state index in [-0.39, 0.29) is 11.9 Å². The molecule has 1 atom stereocenters. The summed E-state index contributed by atoms with van der Waals surface area (Å²) in [5.41, 5.74) is 8.68. The summed E-state index contributed by atoms with van der Waals surface area (Å²) in [6.07, 6.45) is 1.51. The maximum atomic E-state index is 12.2. The monoisotopic (exact) mass is 283 g/mol. The van der Waals surface area contributed by atoms with Crippen LogP contribution in [-0.2, 0) is 16.0 Å². The van der Waals surface area contributed by atoms with Crippen LogP contribution in [-0.4, -0.2) is 12.6 Å². The third kappa shape index (κ3) is 4.35. The van der Waals surface area contributed by atoms with Gasteiger partial charge in [0.25, 0.3) is 0 Å². The van der Waals surface area contributed by atoms with E-state index in [1.807, 2.05) is 61.5 Å². The van der Waals surface area contributed by atoms with Crippen LogP contribution in [0, 0.1) is 0 Å². The van der Waals surface area contributed by atoms with Gasteiger partial charge in [-0.1, -0.05) is 42.5 Å². The Morgan fingerprint density at radius 2 is 1.90 bits per heavy atom. The molecule has 0 aliphatic carbocycles. The topological polar surface area (TPSA) is 52.3 Å². The zero-order valence-corrected chi connectivity index (χ0v) is 12.3. The lowest BCUT2D eigenvalue weighted by atomic mass is 9.92. The molecule has 3 heteroatoms. The number of carbonyl (C=O) groups is 1. The van der Waals surface area contributed by atoms with Crippen molar-refractivity contribution in [3.8, 4) is 0 Å². The molecule has 0 aliphatic heterocycles. The predicted octanol–water partition coefficient (Wildman–Crippen LogP) is 3.55. The van der Waals surface area contributed by atoms with Crippen LogP contribution in [0.1, 0.15) is 30.4 Å². The van der Waals surface area contributed by atoms with Crippen molar-refractivity contribution in [3.63, 3.8) is 0 Å². The Labute approximate surface area is 125 Å². The van der Waals surface area contributed by atoms with Gasteiger partial charge in [-0.25, -0.2) is 0 Å². The standard InChI is InChI=1S/C18H21NO2/c1-2-21-18(20)17(15-8-4-3-5-9-15)12-11-14-7-6-10-16(19)13-14/h3-10,13,17H,2,11-12,19H2,1H3. The van der Waals surface area contributed by atoms with Crippen molar-refractivity contribution in [2.24, 2.45) is 0 Å². The number of rotatable bonds is 6. The molecule has 0 radical (unpaired) electrons. The molecule has 0 fully saturated rings. The van der Waals surface area contributed by atoms with Gasteiger partial charge in [0.2, 0.25) is 0 Å². The Morgan fingerprint density at radius 1 is 1.14 bits per heavy atom. The van der Waals surface area contributed by atoms with E-state index in [9.17, 15) is 4.79 Å². The number of nitrogen functional groups attached to an aromatic ring is 1. The van der Waals surface area contributed by atoms with Crippen LogP contribution in [0.25, 0.3) is 0 Å². The molecule has 0 saturated heterocycles. The predicted molar refractivity (Wildman–Crippen MR) is 85.0 cm³/mol. The first-order chi connectivity index (χ1) is 10.2. The summed E-state index contributed by atoms with van der Waals surface area (Å²) in [4.78, 5) is 12.2. The highest BCUT2D eigenvalue weighted by molar-refractivity contribution is 5.78. The molecule has 0 bridgehead atoms. The fraction of sp³-hybridized carbons (Fsp3) is 0.278. The van der Waals surface area contributed by atoms with Crippen molar-refractivity contribution in [2.45, 2.75) is 25.7 Å². The third-order valence-electron chi connectivity index (χ3n) is 3.45. The van der Waals surface area contributed by atoms with E-state index in [1.165, 1.54) is 0 Å². The number of ether oxygens (including phenoxy) is 1. The maximum Gasteiger partial charge on any atom is 0.313 e. The van der Waals surface area contributed by atoms with Crippen LogP contribution in [0.5, 0.6) is 0 Å². The Balaban J connectivity index is 2.11. The van der Waals surface area contributed by atoms with Gasteiger partial charge in [-0.05, 0) is 43.0 Å². The molecule has 0 aliphatic rings. The van der Waals surface area contributed by atoms with E-state index in [1.54, 1.807) is 0 Å². The lowest BCUT2D eigenvalue weighted by Gasteiger charge is -2.16. The number of anilines is 1. The fourth-order valence-corrected chi connectivity index (χ4v) is 2.41. The van der Waals surface area contributed by atoms with Crippen LogP contribution in [0.2, 0.25) is 0 Å². The molecule has 1 unspecified atom stereocenters. The Hall–Kier alpha value is -2.29. The fourth-order valence-electron chi connectivity index (χ4n) is 2.41. The molecule has 0 saturated carbocycles. The van der Waals surface area contributed by atoms with Gasteiger partial charge in [0.15, 0.2) is 0 Å². The quantitative estimate of drug-likeness (QED) is 0.651. The molecule has 110 valence electrons. The highest BCUT2D eigenvalue weighted by Gasteiger charge is 2.21. The van der Waals surface area contributed by atoms with Gasteiger partial charge in [0.1, 0.15) is 0 Å². The van der Waals surface area contributed by atoms with Crippen LogP contribution >= 0.6 is 0 Å². The summed E-state index contributed by atoms with van der Waals surface area (Å²) < 4.78 is 5.21. The summed E-state index contributed by atoms with van der Waals surface area (Å²) in [7, 11) is 0. The lowest BCUT2D eigenvalue weighted by Crippen LogP contribution is -2.17. The van der Waals surface area contributed by atoms with Crippen molar-refractivity contribution >= 4 is 11.7 Å². The molecule has 0 heterocycles. The Morgan fingerprint density at radius 3 is 2.57 bits per heavy atom. The lowest BCUT2D eigenvalue weighted by molar-refractivity contribution is -0.145. The van der Waals surface area contributed by atoms with Crippen LogP contribution in [0.3, 0.4) is 0 Å². The first-order valence-corrected chi connectivity index (χ1v) is 7.26. The second kappa shape index (κ2) is 7.48. The second-order valence-electron chi connectivity index (χ2n) is 5.00. The molecular weight excluding hydrogens is 262 g/mol. The molecule has 2 rings (SSSR count). The Bertz CT molecular complexity index is 581. The van der Waals surface area contributed by atoms with Crippen molar-refractivity contribution in [1.29, 1.82) is 0 Å². The summed E-state index contributed by atoms with van der Waals surface area (Å²) >= 11 is 0. The first-order valence-electron chi connectivity index (χ1n) is 7.26. The van der Waals surface area contributed by atoms with Gasteiger partial charge in [0.05, 0.1) is 12.5 Å². The van der Waals surface area contributed by atoms with Gasteiger partial charge in [-0.15, -0.1) is 0 Å². The highest BCUT2D eigenvalue weighted by atomic mass is 16.5. The zero-order chi connectivity index (χ0) is 15.1. The molecule has 0 spiro atoms. The van der Waals surface area contributed by atoms with Gasteiger partial charge >= 0.3 is 5.97 Å². The first kappa shape index (κ1) is 15.1. The third-order valence-corrected chi connectivity index (χ3v) is 3.45. The summed E-state index contributed by atoms with van der Waals surface area (Å²) in [6.45, 7) is 2.23. The number of carbonyl (C=O) groups excluding carboxylic acids is 1. The van der Waals surface area contributed by atoms with Crippen molar-refractivity contribution < 1.29 is 9.53 Å². The smallest absolute Gasteiger partial charge is 0.313 e. The van der Waals surface area contributed by atoms with Gasteiger partial charge in [-0.3, -0.25) is 4.79 Å². The van der Waals surface area contributed by atoms with E-state index in [0.29, 0.717) is 13.0 Å². The molecular formula is C18H21NO2. The van der Waals surface area contributed by atoms with Crippen LogP contribution < -0.4 is 5.73 Å². The normalized spacial score (nSPS) is 11.9. The number of esters is 1. The minimum atomic E-state index is -0.229. The Kier molecular flexibility index (Phi) is 5.38. The number of hydrogen-bond acceptors (Lipinski definition) is 3. The minimum absolute atomic E-state index is 0.160. The van der Waals surface area contributed by atoms with Crippen molar-refractivity contribution in [3.05, 3.63) is 65.7 Å². The van der Waals surface area contributed by atoms with Gasteiger partial charge in [0, 0.05) is 5.69 Å². The van der Waals surface area contributed by atoms with E-state index >= 15 is 0 Å². The van der Waals surface area contributed by atoms with Gasteiger partial charge in [-0.2, -0.15) is 0 Å². The summed E-state index contributed by atoms with van der Waals surface area (Å²) in [5, 5.41) is 0. The summed E-state index contributed by atoms with van der Waals surface area (Å²) in [6, 6.07) is 17.6. The van der Waals surface area contributed by atoms with Crippen molar-refractivity contribution in [1.82, 2.24) is 0 Å². The summed E-state index contributed by atoms with van der Waals surface area (Å²) in [5.74, 6) is -0.389. The second-order valence-corrected chi connectivity index (χ2v) is 5.00. The van der Waals surface area contributed by atoms with Gasteiger partial charge < -0.3 is 10.5 Å². The molecule has 0 aromatic heterocycles. The average molecular weight is 283 g/mol. The number of benzene rings is 2. The number of aryl methyl sites for hydroxylation is 1. The molecule has 21 heavy (non-hydrogen) atoms. The van der Waals surface area contributed by atoms with E-state index in [0.717, 1.165) is 23.2 Å². The zero-order valence-electron chi connectivity index (χ0n) is 12.3. The van der Waals surface area contributed by atoms with Crippen LogP contribution in [0.4, 0.5) is 5.69 Å². The van der Waals surface area contributed by atoms with E-state index < -0.39 is 0 Å². The molecule has 2 aromatic carbocycles. The SMILES string of the molecule is CCOC(=O)C(CCc1cccc(N)c1)c1ccccc1. The van der Waals surface area contributed by atoms with E-state index in [4.69, 9.17) is 10.5 Å². The molecule has 3 nitrogen and oxygen atoms in total. The average Bonchev–Trinajstić information content (AvgIpc) is 2.49. The molecule has 0 amide bonds. The molecule has 2 aromatic rings. The van der Waals surface area contributed by atoms with E-state index in [2.05, 4.69) is 0 Å². The van der Waals surface area contributed by atoms with Crippen molar-refractivity contribution in [2.75, 3.05) is 12.3 Å². The maximum absolute atomic E-state index is 12.2. The van der Waals surface area contributed by atoms with Crippen LogP contribution in [0.15, 0.2) is 54.6 Å². The highest BCUT2D eigenvalue weighted by Crippen LogP contribution is 2.24. The number of hydrogen-bond donors (Lipinski definition) is 1. The minimum Gasteiger partial charge on any atom is -0.466 e.